The van der Waals surface area contributed by atoms with Gasteiger partial charge in [0, 0.05) is 61.7 Å². The Kier molecular flexibility index (Phi) is 9.10. The molecule has 0 unspecified atom stereocenters. The first kappa shape index (κ1) is 30.9. The van der Waals surface area contributed by atoms with Crippen molar-refractivity contribution in [1.29, 1.82) is 0 Å². The summed E-state index contributed by atoms with van der Waals surface area (Å²) in [5, 5.41) is 24.7. The van der Waals surface area contributed by atoms with Crippen LogP contribution in [-0.2, 0) is 9.53 Å². The van der Waals surface area contributed by atoms with Gasteiger partial charge in [0.15, 0.2) is 5.82 Å². The van der Waals surface area contributed by atoms with Gasteiger partial charge in [-0.2, -0.15) is 0 Å². The number of carbonyl (C=O) groups is 3. The summed E-state index contributed by atoms with van der Waals surface area (Å²) >= 11 is 3.31. The molecule has 3 N–H and O–H groups in total. The number of hydrogen-bond donors (Lipinski definition) is 3. The summed E-state index contributed by atoms with van der Waals surface area (Å²) in [4.78, 5) is 59.7. The molecule has 2 aliphatic rings. The van der Waals surface area contributed by atoms with E-state index in [0.29, 0.717) is 23.2 Å². The predicted octanol–water partition coefficient (Wildman–Crippen LogP) is 3.37. The molecule has 3 amide bonds. The Labute approximate surface area is 260 Å². The van der Waals surface area contributed by atoms with Crippen LogP contribution in [0.4, 0.5) is 22.9 Å². The van der Waals surface area contributed by atoms with Crippen molar-refractivity contribution in [2.45, 2.75) is 44.6 Å². The summed E-state index contributed by atoms with van der Waals surface area (Å²) in [6.07, 6.45) is 3.92. The molecule has 15 nitrogen and oxygen atoms in total. The van der Waals surface area contributed by atoms with E-state index in [4.69, 9.17) is 9.26 Å². The van der Waals surface area contributed by atoms with Gasteiger partial charge < -0.3 is 35.0 Å². The van der Waals surface area contributed by atoms with Crippen LogP contribution >= 0.6 is 15.9 Å². The lowest BCUT2D eigenvalue weighted by Gasteiger charge is -2.35. The number of rotatable bonds is 8. The number of nitrogens with zero attached hydrogens (tertiary/aromatic N) is 5. The molecule has 3 aromatic rings. The minimum absolute atomic E-state index is 0.00352. The number of halogens is 1. The van der Waals surface area contributed by atoms with Crippen LogP contribution in [0.1, 0.15) is 41.0 Å². The second-order valence-electron chi connectivity index (χ2n) is 10.7. The largest absolute Gasteiger partial charge is 0.387 e. The highest BCUT2D eigenvalue weighted by molar-refractivity contribution is 9.10. The van der Waals surface area contributed by atoms with Gasteiger partial charge in [0.2, 0.25) is 5.91 Å². The number of nitro benzene ring substituents is 1. The molecule has 2 aromatic heterocycles. The van der Waals surface area contributed by atoms with E-state index in [-0.39, 0.29) is 53.5 Å². The highest BCUT2D eigenvalue weighted by Crippen LogP contribution is 2.36. The number of nitro groups is 1. The summed E-state index contributed by atoms with van der Waals surface area (Å²) in [6.45, 7) is 4.35. The highest BCUT2D eigenvalue weighted by atomic mass is 79.9. The van der Waals surface area contributed by atoms with E-state index in [0.717, 1.165) is 0 Å². The van der Waals surface area contributed by atoms with Crippen LogP contribution in [0, 0.1) is 10.1 Å². The van der Waals surface area contributed by atoms with Gasteiger partial charge in [-0.05, 0) is 32.4 Å². The first-order valence-electron chi connectivity index (χ1n) is 13.9. The average molecular weight is 672 g/mol. The van der Waals surface area contributed by atoms with Gasteiger partial charge >= 0.3 is 0 Å². The Bertz CT molecular complexity index is 1560. The summed E-state index contributed by atoms with van der Waals surface area (Å²) in [5.41, 5.74) is 0.623. The number of likely N-dealkylation sites (tertiary alicyclic amines) is 1. The van der Waals surface area contributed by atoms with Crippen molar-refractivity contribution in [2.75, 3.05) is 42.6 Å². The molecule has 1 aromatic carbocycles. The normalized spacial score (nSPS) is 21.5. The predicted molar refractivity (Wildman–Crippen MR) is 162 cm³/mol. The average Bonchev–Trinajstić information content (AvgIpc) is 3.66. The second-order valence-corrected chi connectivity index (χ2v) is 11.6. The monoisotopic (exact) mass is 670 g/mol. The van der Waals surface area contributed by atoms with Crippen molar-refractivity contribution in [2.24, 2.45) is 0 Å². The Morgan fingerprint density at radius 1 is 1.09 bits per heavy atom. The molecular formula is C28H31BrN8O7. The van der Waals surface area contributed by atoms with E-state index in [1.807, 2.05) is 13.8 Å². The molecule has 0 aliphatic carbocycles. The van der Waals surface area contributed by atoms with Gasteiger partial charge in [-0.25, -0.2) is 0 Å². The van der Waals surface area contributed by atoms with Crippen molar-refractivity contribution in [3.05, 3.63) is 68.6 Å². The fraction of sp³-hybridized carbons (Fsp3) is 0.393. The van der Waals surface area contributed by atoms with Crippen molar-refractivity contribution in [3.63, 3.8) is 0 Å². The second kappa shape index (κ2) is 13.0. The third-order valence-electron chi connectivity index (χ3n) is 7.39. The van der Waals surface area contributed by atoms with Crippen LogP contribution in [0.15, 0.2) is 51.9 Å². The molecule has 4 heterocycles. The number of morpholine rings is 1. The van der Waals surface area contributed by atoms with Gasteiger partial charge in [-0.1, -0.05) is 21.1 Å². The maximum atomic E-state index is 13.8. The number of nitrogens with one attached hydrogen (secondary N) is 3. The third-order valence-corrected chi connectivity index (χ3v) is 7.85. The zero-order valence-corrected chi connectivity index (χ0v) is 25.7. The Morgan fingerprint density at radius 2 is 1.84 bits per heavy atom. The van der Waals surface area contributed by atoms with Crippen molar-refractivity contribution in [3.8, 4) is 0 Å². The minimum atomic E-state index is -0.982. The zero-order chi connectivity index (χ0) is 31.5. The smallest absolute Gasteiger partial charge is 0.294 e. The Hall–Kier alpha value is -4.57. The van der Waals surface area contributed by atoms with Gasteiger partial charge in [0.25, 0.3) is 17.5 Å². The van der Waals surface area contributed by atoms with E-state index < -0.39 is 34.7 Å². The molecule has 232 valence electrons. The number of anilines is 3. The fourth-order valence-corrected chi connectivity index (χ4v) is 5.98. The summed E-state index contributed by atoms with van der Waals surface area (Å²) in [5.74, 6) is -1.22. The molecule has 4 atom stereocenters. The Balaban J connectivity index is 1.48. The van der Waals surface area contributed by atoms with Gasteiger partial charge in [-0.15, -0.1) is 0 Å². The van der Waals surface area contributed by atoms with E-state index in [1.54, 1.807) is 24.2 Å². The first-order chi connectivity index (χ1) is 21.0. The van der Waals surface area contributed by atoms with E-state index in [2.05, 4.69) is 42.0 Å². The molecule has 0 saturated carbocycles. The molecule has 0 spiro atoms. The molecule has 0 radical (unpaired) electrons. The van der Waals surface area contributed by atoms with Crippen LogP contribution < -0.4 is 16.0 Å². The highest BCUT2D eigenvalue weighted by Gasteiger charge is 2.42. The standard InChI is InChI=1S/C28H31BrN8O7/c1-15-12-35(13-16(2)44-15)28(40)21-7-18(29)8-22(37(41)42)25(21)32-20-9-23(26(38)33-24-4-5-43-34-24)36(14-20)27(39)17-6-19(30-3)11-31-10-17/h4-8,10-11,15-16,20,23,30,32H,9,12-14H2,1-3H3,(H,33,34,38)/t15-,16+,20-,23+/m1/s1. The molecule has 16 heteroatoms. The summed E-state index contributed by atoms with van der Waals surface area (Å²) in [7, 11) is 1.69. The van der Waals surface area contributed by atoms with Crippen LogP contribution in [0.3, 0.4) is 0 Å². The Morgan fingerprint density at radius 3 is 2.50 bits per heavy atom. The van der Waals surface area contributed by atoms with Gasteiger partial charge in [0.05, 0.1) is 33.9 Å². The van der Waals surface area contributed by atoms with Crippen molar-refractivity contribution >= 4 is 56.5 Å². The lowest BCUT2D eigenvalue weighted by atomic mass is 10.1. The third kappa shape index (κ3) is 6.65. The quantitative estimate of drug-likeness (QED) is 0.236. The number of hydrogen-bond acceptors (Lipinski definition) is 11. The number of pyridine rings is 1. The van der Waals surface area contributed by atoms with E-state index in [9.17, 15) is 24.5 Å². The van der Waals surface area contributed by atoms with Crippen LogP contribution in [0.25, 0.3) is 0 Å². The first-order valence-corrected chi connectivity index (χ1v) is 14.7. The number of amides is 3. The van der Waals surface area contributed by atoms with Gasteiger partial charge in [-0.3, -0.25) is 29.5 Å². The lowest BCUT2D eigenvalue weighted by molar-refractivity contribution is -0.384. The molecule has 2 fully saturated rings. The lowest BCUT2D eigenvalue weighted by Crippen LogP contribution is -2.48. The maximum absolute atomic E-state index is 13.8. The molecule has 2 saturated heterocycles. The minimum Gasteiger partial charge on any atom is -0.387 e. The van der Waals surface area contributed by atoms with Crippen molar-refractivity contribution < 1.29 is 28.6 Å². The molecule has 44 heavy (non-hydrogen) atoms. The van der Waals surface area contributed by atoms with Crippen molar-refractivity contribution in [1.82, 2.24) is 19.9 Å². The maximum Gasteiger partial charge on any atom is 0.294 e. The molecule has 2 aliphatic heterocycles. The number of ether oxygens (including phenoxy) is 1. The SMILES string of the molecule is CNc1cncc(C(=O)N2C[C@H](Nc3c(C(=O)N4C[C@@H](C)O[C@@H](C)C4)cc(Br)cc3[N+](=O)[O-])C[C@H]2C(=O)Nc2ccon2)c1. The number of carbonyl (C=O) groups excluding carboxylic acids is 3. The van der Waals surface area contributed by atoms with Crippen LogP contribution in [-0.4, -0.2) is 93.6 Å². The fourth-order valence-electron chi connectivity index (χ4n) is 5.53. The van der Waals surface area contributed by atoms with E-state index in [1.165, 1.54) is 35.6 Å². The zero-order valence-electron chi connectivity index (χ0n) is 24.2. The van der Waals surface area contributed by atoms with E-state index >= 15 is 0 Å². The number of aromatic nitrogens is 2. The topological polar surface area (TPSA) is 185 Å². The van der Waals surface area contributed by atoms with Crippen LogP contribution in [0.5, 0.6) is 0 Å². The van der Waals surface area contributed by atoms with Gasteiger partial charge in [0.1, 0.15) is 18.0 Å². The molecule has 5 rings (SSSR count). The molecule has 0 bridgehead atoms. The molecular weight excluding hydrogens is 640 g/mol. The van der Waals surface area contributed by atoms with Crippen LogP contribution in [0.2, 0.25) is 0 Å². The summed E-state index contributed by atoms with van der Waals surface area (Å²) < 4.78 is 10.9. The number of benzene rings is 1. The summed E-state index contributed by atoms with van der Waals surface area (Å²) in [6, 6.07) is 4.30.